The van der Waals surface area contributed by atoms with Crippen LogP contribution in [0.25, 0.3) is 5.69 Å². The third-order valence-electron chi connectivity index (χ3n) is 4.30. The normalized spacial score (nSPS) is 13.8. The second-order valence-corrected chi connectivity index (χ2v) is 6.81. The van der Waals surface area contributed by atoms with Crippen LogP contribution < -0.4 is 5.32 Å². The summed E-state index contributed by atoms with van der Waals surface area (Å²) in [5, 5.41) is 7.98. The van der Waals surface area contributed by atoms with Gasteiger partial charge >= 0.3 is 0 Å². The van der Waals surface area contributed by atoms with E-state index < -0.39 is 0 Å². The fraction of sp³-hybridized carbons (Fsp3) is 0.474. The molecule has 0 saturated heterocycles. The minimum Gasteiger partial charge on any atom is -0.381 e. The molecule has 1 heterocycles. The second kappa shape index (κ2) is 8.50. The van der Waals surface area contributed by atoms with Gasteiger partial charge < -0.3 is 10.1 Å². The van der Waals surface area contributed by atoms with Crippen molar-refractivity contribution in [1.82, 2.24) is 15.1 Å². The molecule has 1 aromatic heterocycles. The summed E-state index contributed by atoms with van der Waals surface area (Å²) in [6.07, 6.45) is 5.75. The van der Waals surface area contributed by atoms with Crippen LogP contribution >= 0.6 is 11.6 Å². The lowest BCUT2D eigenvalue weighted by atomic mass is 10.2. The third-order valence-corrected chi connectivity index (χ3v) is 4.54. The average Bonchev–Trinajstić information content (AvgIpc) is 3.33. The van der Waals surface area contributed by atoms with Crippen LogP contribution in [0.15, 0.2) is 30.5 Å². The molecule has 0 spiro atoms. The molecule has 1 aliphatic carbocycles. The molecule has 6 heteroatoms. The van der Waals surface area contributed by atoms with Crippen molar-refractivity contribution in [3.8, 4) is 5.69 Å². The van der Waals surface area contributed by atoms with E-state index in [1.807, 2.05) is 31.2 Å². The summed E-state index contributed by atoms with van der Waals surface area (Å²) in [6.45, 7) is 4.18. The summed E-state index contributed by atoms with van der Waals surface area (Å²) in [6, 6.07) is 7.46. The first-order valence-corrected chi connectivity index (χ1v) is 9.25. The van der Waals surface area contributed by atoms with Crippen molar-refractivity contribution in [2.24, 2.45) is 5.92 Å². The van der Waals surface area contributed by atoms with Gasteiger partial charge in [-0.25, -0.2) is 4.68 Å². The zero-order chi connectivity index (χ0) is 17.6. The SMILES string of the molecule is CCc1c(C(=O)NCCCOCC2CC2)cnn1-c1cccc(Cl)c1. The van der Waals surface area contributed by atoms with Crippen LogP contribution in [-0.2, 0) is 11.2 Å². The second-order valence-electron chi connectivity index (χ2n) is 6.38. The van der Waals surface area contributed by atoms with E-state index in [9.17, 15) is 4.79 Å². The molecule has 0 atom stereocenters. The highest BCUT2D eigenvalue weighted by molar-refractivity contribution is 6.30. The Kier molecular flexibility index (Phi) is 6.10. The standard InChI is InChI=1S/C19H24ClN3O2/c1-2-18-17(12-22-23(18)16-6-3-5-15(20)11-16)19(24)21-9-4-10-25-13-14-7-8-14/h3,5-6,11-12,14H,2,4,7-10,13H2,1H3,(H,21,24). The van der Waals surface area contributed by atoms with E-state index in [-0.39, 0.29) is 5.91 Å². The van der Waals surface area contributed by atoms with Crippen molar-refractivity contribution in [3.05, 3.63) is 46.7 Å². The summed E-state index contributed by atoms with van der Waals surface area (Å²) in [5.74, 6) is 0.686. The van der Waals surface area contributed by atoms with Crippen LogP contribution in [0.4, 0.5) is 0 Å². The molecule has 25 heavy (non-hydrogen) atoms. The van der Waals surface area contributed by atoms with Gasteiger partial charge in [0.2, 0.25) is 0 Å². The maximum atomic E-state index is 12.5. The van der Waals surface area contributed by atoms with Crippen LogP contribution in [0.3, 0.4) is 0 Å². The van der Waals surface area contributed by atoms with Gasteiger partial charge in [0.25, 0.3) is 5.91 Å². The van der Waals surface area contributed by atoms with Gasteiger partial charge in [-0.05, 0) is 49.8 Å². The van der Waals surface area contributed by atoms with E-state index in [4.69, 9.17) is 16.3 Å². The van der Waals surface area contributed by atoms with Crippen molar-refractivity contribution in [2.45, 2.75) is 32.6 Å². The smallest absolute Gasteiger partial charge is 0.254 e. The number of carbonyl (C=O) groups is 1. The molecule has 1 aromatic carbocycles. The van der Waals surface area contributed by atoms with Crippen molar-refractivity contribution in [1.29, 1.82) is 0 Å². The maximum Gasteiger partial charge on any atom is 0.254 e. The van der Waals surface area contributed by atoms with Crippen LogP contribution in [-0.4, -0.2) is 35.4 Å². The summed E-state index contributed by atoms with van der Waals surface area (Å²) >= 11 is 6.06. The quantitative estimate of drug-likeness (QED) is 0.694. The topological polar surface area (TPSA) is 56.1 Å². The first-order valence-electron chi connectivity index (χ1n) is 8.87. The molecule has 0 aliphatic heterocycles. The Morgan fingerprint density at radius 2 is 2.28 bits per heavy atom. The maximum absolute atomic E-state index is 12.5. The highest BCUT2D eigenvalue weighted by Gasteiger charge is 2.21. The molecule has 3 rings (SSSR count). The number of aromatic nitrogens is 2. The third kappa shape index (κ3) is 4.83. The number of benzene rings is 1. The van der Waals surface area contributed by atoms with Gasteiger partial charge in [0.05, 0.1) is 23.1 Å². The minimum absolute atomic E-state index is 0.0904. The summed E-state index contributed by atoms with van der Waals surface area (Å²) in [4.78, 5) is 12.5. The Bertz CT molecular complexity index is 725. The van der Waals surface area contributed by atoms with Gasteiger partial charge in [-0.2, -0.15) is 5.10 Å². The van der Waals surface area contributed by atoms with Crippen LogP contribution in [0.1, 0.15) is 42.2 Å². The fourth-order valence-electron chi connectivity index (χ4n) is 2.74. The molecule has 1 amide bonds. The zero-order valence-electron chi connectivity index (χ0n) is 14.5. The molecule has 1 fully saturated rings. The molecule has 0 unspecified atom stereocenters. The first kappa shape index (κ1) is 18.0. The monoisotopic (exact) mass is 361 g/mol. The molecule has 1 saturated carbocycles. The number of nitrogens with zero attached hydrogens (tertiary/aromatic N) is 2. The molecular formula is C19H24ClN3O2. The number of hydrogen-bond acceptors (Lipinski definition) is 3. The van der Waals surface area contributed by atoms with Gasteiger partial charge in [-0.15, -0.1) is 0 Å². The Hall–Kier alpha value is -1.85. The lowest BCUT2D eigenvalue weighted by Crippen LogP contribution is -2.26. The molecule has 134 valence electrons. The summed E-state index contributed by atoms with van der Waals surface area (Å²) in [7, 11) is 0. The molecule has 0 radical (unpaired) electrons. The largest absolute Gasteiger partial charge is 0.381 e. The number of halogens is 1. The number of amides is 1. The van der Waals surface area contributed by atoms with Crippen molar-refractivity contribution in [3.63, 3.8) is 0 Å². The van der Waals surface area contributed by atoms with Gasteiger partial charge in [-0.1, -0.05) is 24.6 Å². The zero-order valence-corrected chi connectivity index (χ0v) is 15.3. The predicted molar refractivity (Wildman–Crippen MR) is 98.4 cm³/mol. The Morgan fingerprint density at radius 1 is 1.44 bits per heavy atom. The Balaban J connectivity index is 1.56. The van der Waals surface area contributed by atoms with Crippen LogP contribution in [0.5, 0.6) is 0 Å². The summed E-state index contributed by atoms with van der Waals surface area (Å²) in [5.41, 5.74) is 2.35. The van der Waals surface area contributed by atoms with Crippen LogP contribution in [0.2, 0.25) is 5.02 Å². The first-order chi connectivity index (χ1) is 12.2. The van der Waals surface area contributed by atoms with Gasteiger partial charge in [0.15, 0.2) is 0 Å². The van der Waals surface area contributed by atoms with Crippen LogP contribution in [0, 0.1) is 5.92 Å². The van der Waals surface area contributed by atoms with E-state index in [1.54, 1.807) is 10.9 Å². The van der Waals surface area contributed by atoms with Crippen molar-refractivity contribution in [2.75, 3.05) is 19.8 Å². The number of carbonyl (C=O) groups excluding carboxylic acids is 1. The Morgan fingerprint density at radius 3 is 3.00 bits per heavy atom. The van der Waals surface area contributed by atoms with Gasteiger partial charge in [0.1, 0.15) is 0 Å². The van der Waals surface area contributed by atoms with E-state index >= 15 is 0 Å². The van der Waals surface area contributed by atoms with Gasteiger partial charge in [0, 0.05) is 24.8 Å². The molecule has 5 nitrogen and oxygen atoms in total. The summed E-state index contributed by atoms with van der Waals surface area (Å²) < 4.78 is 7.36. The highest BCUT2D eigenvalue weighted by Crippen LogP contribution is 2.28. The fourth-order valence-corrected chi connectivity index (χ4v) is 2.92. The molecule has 1 aliphatic rings. The molecule has 1 N–H and O–H groups in total. The molecule has 2 aromatic rings. The van der Waals surface area contributed by atoms with E-state index in [0.717, 1.165) is 30.3 Å². The van der Waals surface area contributed by atoms with E-state index in [2.05, 4.69) is 10.4 Å². The van der Waals surface area contributed by atoms with Crippen molar-refractivity contribution < 1.29 is 9.53 Å². The number of rotatable bonds is 9. The lowest BCUT2D eigenvalue weighted by Gasteiger charge is -2.09. The minimum atomic E-state index is -0.0904. The van der Waals surface area contributed by atoms with E-state index in [0.29, 0.717) is 30.2 Å². The Labute approximate surface area is 153 Å². The average molecular weight is 362 g/mol. The van der Waals surface area contributed by atoms with E-state index in [1.165, 1.54) is 12.8 Å². The lowest BCUT2D eigenvalue weighted by molar-refractivity contribution is 0.0936. The van der Waals surface area contributed by atoms with Gasteiger partial charge in [-0.3, -0.25) is 4.79 Å². The predicted octanol–water partition coefficient (Wildman–Crippen LogP) is 3.63. The highest BCUT2D eigenvalue weighted by atomic mass is 35.5. The number of ether oxygens (including phenoxy) is 1. The number of hydrogen-bond donors (Lipinski definition) is 1. The number of nitrogens with one attached hydrogen (secondary N) is 1. The molecular weight excluding hydrogens is 338 g/mol. The van der Waals surface area contributed by atoms with Crippen molar-refractivity contribution >= 4 is 17.5 Å². The molecule has 0 bridgehead atoms.